The fraction of sp³-hybridized carbons (Fsp3) is 0.222. The molecule has 0 unspecified atom stereocenters. The highest BCUT2D eigenvalue weighted by molar-refractivity contribution is 7.13. The maximum atomic E-state index is 5.06. The van der Waals surface area contributed by atoms with Gasteiger partial charge in [-0.25, -0.2) is 9.97 Å². The van der Waals surface area contributed by atoms with Crippen LogP contribution in [0.4, 0.5) is 0 Å². The van der Waals surface area contributed by atoms with Crippen molar-refractivity contribution in [1.29, 1.82) is 0 Å². The van der Waals surface area contributed by atoms with Gasteiger partial charge in [0.25, 0.3) is 0 Å². The standard InChI is InChI=1S/C9H9N3OS/c1-6-11-7(5-8(12-6)13-2)9-10-3-4-14-9/h3-5H,1-2H3. The van der Waals surface area contributed by atoms with Crippen molar-refractivity contribution < 1.29 is 4.74 Å². The highest BCUT2D eigenvalue weighted by Gasteiger charge is 2.05. The number of ether oxygens (including phenoxy) is 1. The van der Waals surface area contributed by atoms with Crippen LogP contribution in [0.3, 0.4) is 0 Å². The van der Waals surface area contributed by atoms with Gasteiger partial charge < -0.3 is 4.74 Å². The first-order valence-corrected chi connectivity index (χ1v) is 4.97. The number of aromatic nitrogens is 3. The molecule has 0 amide bonds. The lowest BCUT2D eigenvalue weighted by molar-refractivity contribution is 0.396. The normalized spacial score (nSPS) is 10.1. The molecule has 2 rings (SSSR count). The van der Waals surface area contributed by atoms with Gasteiger partial charge in [-0.15, -0.1) is 11.3 Å². The molecule has 0 aromatic carbocycles. The molecule has 72 valence electrons. The van der Waals surface area contributed by atoms with Crippen LogP contribution < -0.4 is 4.74 Å². The van der Waals surface area contributed by atoms with Crippen LogP contribution >= 0.6 is 11.3 Å². The molecular formula is C9H9N3OS. The van der Waals surface area contributed by atoms with E-state index >= 15 is 0 Å². The summed E-state index contributed by atoms with van der Waals surface area (Å²) in [7, 11) is 1.59. The van der Waals surface area contributed by atoms with E-state index in [4.69, 9.17) is 4.74 Å². The molecule has 2 aromatic heterocycles. The molecule has 4 nitrogen and oxygen atoms in total. The second-order valence-electron chi connectivity index (χ2n) is 2.68. The van der Waals surface area contributed by atoms with E-state index in [9.17, 15) is 0 Å². The molecule has 0 atom stereocenters. The molecule has 2 aromatic rings. The Hall–Kier alpha value is -1.49. The average molecular weight is 207 g/mol. The van der Waals surface area contributed by atoms with Crippen molar-refractivity contribution in [2.45, 2.75) is 6.92 Å². The van der Waals surface area contributed by atoms with Gasteiger partial charge in [-0.1, -0.05) is 0 Å². The first-order valence-electron chi connectivity index (χ1n) is 4.09. The van der Waals surface area contributed by atoms with Crippen molar-refractivity contribution in [3.05, 3.63) is 23.5 Å². The van der Waals surface area contributed by atoms with Gasteiger partial charge >= 0.3 is 0 Å². The topological polar surface area (TPSA) is 47.9 Å². The van der Waals surface area contributed by atoms with Crippen molar-refractivity contribution in [2.24, 2.45) is 0 Å². The zero-order valence-electron chi connectivity index (χ0n) is 7.89. The maximum Gasteiger partial charge on any atom is 0.216 e. The molecule has 5 heteroatoms. The molecular weight excluding hydrogens is 198 g/mol. The van der Waals surface area contributed by atoms with Crippen molar-refractivity contribution >= 4 is 11.3 Å². The Morgan fingerprint density at radius 3 is 2.86 bits per heavy atom. The second kappa shape index (κ2) is 3.71. The number of thiazole rings is 1. The van der Waals surface area contributed by atoms with Crippen LogP contribution in [0.15, 0.2) is 17.6 Å². The lowest BCUT2D eigenvalue weighted by atomic mass is 10.4. The van der Waals surface area contributed by atoms with Crippen molar-refractivity contribution in [1.82, 2.24) is 15.0 Å². The number of methoxy groups -OCH3 is 1. The minimum absolute atomic E-state index is 0.572. The summed E-state index contributed by atoms with van der Waals surface area (Å²) in [5, 5.41) is 2.80. The van der Waals surface area contributed by atoms with E-state index in [-0.39, 0.29) is 0 Å². The average Bonchev–Trinajstić information content (AvgIpc) is 2.69. The first kappa shape index (κ1) is 9.08. The zero-order chi connectivity index (χ0) is 9.97. The van der Waals surface area contributed by atoms with E-state index in [0.717, 1.165) is 10.7 Å². The minimum Gasteiger partial charge on any atom is -0.481 e. The number of rotatable bonds is 2. The van der Waals surface area contributed by atoms with Crippen molar-refractivity contribution in [3.8, 4) is 16.6 Å². The van der Waals surface area contributed by atoms with Crippen molar-refractivity contribution in [2.75, 3.05) is 7.11 Å². The van der Waals surface area contributed by atoms with Crippen LogP contribution in [-0.2, 0) is 0 Å². The van der Waals surface area contributed by atoms with Crippen LogP contribution in [0, 0.1) is 6.92 Å². The third kappa shape index (κ3) is 1.72. The molecule has 14 heavy (non-hydrogen) atoms. The number of hydrogen-bond acceptors (Lipinski definition) is 5. The maximum absolute atomic E-state index is 5.06. The highest BCUT2D eigenvalue weighted by atomic mass is 32.1. The predicted molar refractivity (Wildman–Crippen MR) is 54.4 cm³/mol. The smallest absolute Gasteiger partial charge is 0.216 e. The number of hydrogen-bond donors (Lipinski definition) is 0. The summed E-state index contributed by atoms with van der Waals surface area (Å²) < 4.78 is 5.06. The molecule has 0 fully saturated rings. The van der Waals surface area contributed by atoms with Crippen LogP contribution in [0.1, 0.15) is 5.82 Å². The van der Waals surface area contributed by atoms with Gasteiger partial charge in [-0.3, -0.25) is 0 Å². The Morgan fingerprint density at radius 1 is 1.36 bits per heavy atom. The molecule has 2 heterocycles. The molecule has 0 spiro atoms. The fourth-order valence-electron chi connectivity index (χ4n) is 1.10. The third-order valence-electron chi connectivity index (χ3n) is 1.68. The third-order valence-corrected chi connectivity index (χ3v) is 2.47. The van der Waals surface area contributed by atoms with Gasteiger partial charge in [0, 0.05) is 17.6 Å². The van der Waals surface area contributed by atoms with E-state index in [0.29, 0.717) is 11.7 Å². The zero-order valence-corrected chi connectivity index (χ0v) is 8.71. The van der Waals surface area contributed by atoms with E-state index in [1.165, 1.54) is 0 Å². The lowest BCUT2D eigenvalue weighted by Crippen LogP contribution is -1.95. The first-order chi connectivity index (χ1) is 6.79. The van der Waals surface area contributed by atoms with E-state index in [1.54, 1.807) is 30.7 Å². The molecule has 0 radical (unpaired) electrons. The minimum atomic E-state index is 0.572. The Labute approximate surface area is 85.6 Å². The molecule has 0 saturated heterocycles. The van der Waals surface area contributed by atoms with Gasteiger partial charge in [0.15, 0.2) is 0 Å². The van der Waals surface area contributed by atoms with Crippen LogP contribution in [0.2, 0.25) is 0 Å². The summed E-state index contributed by atoms with van der Waals surface area (Å²) in [4.78, 5) is 12.6. The van der Waals surface area contributed by atoms with E-state index in [1.807, 2.05) is 12.3 Å². The number of aryl methyl sites for hydroxylation is 1. The number of nitrogens with zero attached hydrogens (tertiary/aromatic N) is 3. The van der Waals surface area contributed by atoms with Gasteiger partial charge in [0.1, 0.15) is 16.5 Å². The van der Waals surface area contributed by atoms with Crippen LogP contribution in [0.5, 0.6) is 5.88 Å². The molecule has 0 aliphatic heterocycles. The largest absolute Gasteiger partial charge is 0.481 e. The summed E-state index contributed by atoms with van der Waals surface area (Å²) in [5.41, 5.74) is 0.810. The van der Waals surface area contributed by atoms with Crippen LogP contribution in [0.25, 0.3) is 10.7 Å². The van der Waals surface area contributed by atoms with Gasteiger partial charge in [0.05, 0.1) is 7.11 Å². The van der Waals surface area contributed by atoms with Gasteiger partial charge in [0.2, 0.25) is 5.88 Å². The van der Waals surface area contributed by atoms with E-state index < -0.39 is 0 Å². The van der Waals surface area contributed by atoms with Crippen LogP contribution in [-0.4, -0.2) is 22.1 Å². The Balaban J connectivity index is 2.48. The molecule has 0 aliphatic rings. The Kier molecular flexibility index (Phi) is 2.41. The molecule has 0 N–H and O–H groups in total. The second-order valence-corrected chi connectivity index (χ2v) is 3.57. The Morgan fingerprint density at radius 2 is 2.21 bits per heavy atom. The highest BCUT2D eigenvalue weighted by Crippen LogP contribution is 2.22. The van der Waals surface area contributed by atoms with Crippen molar-refractivity contribution in [3.63, 3.8) is 0 Å². The summed E-state index contributed by atoms with van der Waals surface area (Å²) in [6.45, 7) is 1.83. The summed E-state index contributed by atoms with van der Waals surface area (Å²) in [6.07, 6.45) is 1.75. The SMILES string of the molecule is COc1cc(-c2nccs2)nc(C)n1. The monoisotopic (exact) mass is 207 g/mol. The summed E-state index contributed by atoms with van der Waals surface area (Å²) in [5.74, 6) is 1.26. The molecule has 0 saturated carbocycles. The predicted octanol–water partition coefficient (Wildman–Crippen LogP) is 1.92. The summed E-state index contributed by atoms with van der Waals surface area (Å²) in [6, 6.07) is 1.78. The van der Waals surface area contributed by atoms with E-state index in [2.05, 4.69) is 15.0 Å². The Bertz CT molecular complexity index is 428. The van der Waals surface area contributed by atoms with Gasteiger partial charge in [-0.05, 0) is 6.92 Å². The fourth-order valence-corrected chi connectivity index (χ4v) is 1.70. The summed E-state index contributed by atoms with van der Waals surface area (Å²) >= 11 is 1.55. The lowest BCUT2D eigenvalue weighted by Gasteiger charge is -2.01. The van der Waals surface area contributed by atoms with Gasteiger partial charge in [-0.2, -0.15) is 4.98 Å². The molecule has 0 bridgehead atoms. The molecule has 0 aliphatic carbocycles. The quantitative estimate of drug-likeness (QED) is 0.754.